The minimum Gasteiger partial charge on any atom is -0.326 e. The van der Waals surface area contributed by atoms with Gasteiger partial charge in [0.2, 0.25) is 5.91 Å². The highest BCUT2D eigenvalue weighted by molar-refractivity contribution is 7.11. The van der Waals surface area contributed by atoms with Crippen LogP contribution in [0.5, 0.6) is 0 Å². The molecular weight excluding hydrogens is 294 g/mol. The Bertz CT molecular complexity index is 621. The van der Waals surface area contributed by atoms with Crippen molar-refractivity contribution in [2.45, 2.75) is 46.2 Å². The third-order valence-corrected chi connectivity index (χ3v) is 4.68. The normalized spacial score (nSPS) is 13.6. The van der Waals surface area contributed by atoms with E-state index >= 15 is 0 Å². The van der Waals surface area contributed by atoms with E-state index in [0.29, 0.717) is 6.42 Å². The monoisotopic (exact) mass is 317 g/mol. The molecule has 1 amide bonds. The predicted octanol–water partition coefficient (Wildman–Crippen LogP) is 4.21. The maximum atomic E-state index is 11.4. The molecule has 0 unspecified atom stereocenters. The highest BCUT2D eigenvalue weighted by atomic mass is 32.1. The SMILES string of the molecule is CCC(=O)Nc1ccc([C@H](C)N[C@H](C)c2cnc(C)s2)cc1. The fourth-order valence-corrected chi connectivity index (χ4v) is 3.03. The van der Waals surface area contributed by atoms with Crippen LogP contribution in [0.1, 0.15) is 54.7 Å². The molecule has 1 heterocycles. The number of aryl methyl sites for hydroxylation is 1. The number of amides is 1. The number of rotatable bonds is 6. The number of nitrogens with one attached hydrogen (secondary N) is 2. The highest BCUT2D eigenvalue weighted by Crippen LogP contribution is 2.24. The van der Waals surface area contributed by atoms with Crippen molar-refractivity contribution >= 4 is 22.9 Å². The van der Waals surface area contributed by atoms with Crippen LogP contribution in [0.25, 0.3) is 0 Å². The number of aromatic nitrogens is 1. The quantitative estimate of drug-likeness (QED) is 0.839. The maximum absolute atomic E-state index is 11.4. The second-order valence-electron chi connectivity index (χ2n) is 5.42. The molecule has 22 heavy (non-hydrogen) atoms. The average molecular weight is 317 g/mol. The second kappa shape index (κ2) is 7.51. The van der Waals surface area contributed by atoms with E-state index in [4.69, 9.17) is 0 Å². The summed E-state index contributed by atoms with van der Waals surface area (Å²) in [6.45, 7) is 8.16. The first kappa shape index (κ1) is 16.6. The minimum absolute atomic E-state index is 0.0353. The summed E-state index contributed by atoms with van der Waals surface area (Å²) in [7, 11) is 0. The Morgan fingerprint density at radius 3 is 2.45 bits per heavy atom. The standard InChI is InChI=1S/C17H23N3OS/c1-5-17(21)20-15-8-6-14(7-9-15)11(2)19-12(3)16-10-18-13(4)22-16/h6-12,19H,5H2,1-4H3,(H,20,21)/t11-,12+/m0/s1. The van der Waals surface area contributed by atoms with Gasteiger partial charge in [-0.25, -0.2) is 4.98 Å². The second-order valence-corrected chi connectivity index (χ2v) is 6.68. The van der Waals surface area contributed by atoms with E-state index in [9.17, 15) is 4.79 Å². The molecule has 1 aromatic heterocycles. The van der Waals surface area contributed by atoms with Crippen molar-refractivity contribution < 1.29 is 4.79 Å². The molecule has 2 N–H and O–H groups in total. The summed E-state index contributed by atoms with van der Waals surface area (Å²) in [5, 5.41) is 7.53. The van der Waals surface area contributed by atoms with Crippen molar-refractivity contribution in [2.75, 3.05) is 5.32 Å². The lowest BCUT2D eigenvalue weighted by Gasteiger charge is -2.19. The van der Waals surface area contributed by atoms with Gasteiger partial charge in [0.05, 0.1) is 5.01 Å². The lowest BCUT2D eigenvalue weighted by Crippen LogP contribution is -2.21. The molecule has 0 spiro atoms. The van der Waals surface area contributed by atoms with Gasteiger partial charge in [0.15, 0.2) is 0 Å². The number of anilines is 1. The van der Waals surface area contributed by atoms with Crippen molar-refractivity contribution in [3.05, 3.63) is 45.9 Å². The Balaban J connectivity index is 1.97. The molecule has 0 bridgehead atoms. The molecule has 0 fully saturated rings. The number of nitrogens with zero attached hydrogens (tertiary/aromatic N) is 1. The summed E-state index contributed by atoms with van der Waals surface area (Å²) < 4.78 is 0. The van der Waals surface area contributed by atoms with Crippen LogP contribution >= 0.6 is 11.3 Å². The molecule has 2 atom stereocenters. The van der Waals surface area contributed by atoms with Crippen LogP contribution in [0.4, 0.5) is 5.69 Å². The number of thiazole rings is 1. The molecule has 0 aliphatic heterocycles. The van der Waals surface area contributed by atoms with Gasteiger partial charge < -0.3 is 10.6 Å². The van der Waals surface area contributed by atoms with Gasteiger partial charge in [0.25, 0.3) is 0 Å². The molecule has 4 nitrogen and oxygen atoms in total. The van der Waals surface area contributed by atoms with Gasteiger partial charge in [0.1, 0.15) is 0 Å². The molecule has 118 valence electrons. The molecule has 0 saturated carbocycles. The number of carbonyl (C=O) groups is 1. The fourth-order valence-electron chi connectivity index (χ4n) is 2.24. The molecule has 2 rings (SSSR count). The van der Waals surface area contributed by atoms with Crippen molar-refractivity contribution in [3.63, 3.8) is 0 Å². The molecule has 2 aromatic rings. The van der Waals surface area contributed by atoms with Gasteiger partial charge in [-0.05, 0) is 38.5 Å². The number of hydrogen-bond donors (Lipinski definition) is 2. The lowest BCUT2D eigenvalue weighted by atomic mass is 10.1. The summed E-state index contributed by atoms with van der Waals surface area (Å²) in [6, 6.07) is 8.49. The Morgan fingerprint density at radius 1 is 1.23 bits per heavy atom. The fraction of sp³-hybridized carbons (Fsp3) is 0.412. The Hall–Kier alpha value is -1.72. The van der Waals surface area contributed by atoms with Gasteiger partial charge in [-0.3, -0.25) is 4.79 Å². The predicted molar refractivity (Wildman–Crippen MR) is 92.2 cm³/mol. The Kier molecular flexibility index (Phi) is 5.69. The van der Waals surface area contributed by atoms with E-state index in [0.717, 1.165) is 10.7 Å². The van der Waals surface area contributed by atoms with E-state index in [-0.39, 0.29) is 18.0 Å². The summed E-state index contributed by atoms with van der Waals surface area (Å²) in [6.07, 6.45) is 2.43. The smallest absolute Gasteiger partial charge is 0.224 e. The largest absolute Gasteiger partial charge is 0.326 e. The molecule has 0 aliphatic carbocycles. The van der Waals surface area contributed by atoms with Crippen molar-refractivity contribution in [1.82, 2.24) is 10.3 Å². The zero-order chi connectivity index (χ0) is 16.1. The summed E-state index contributed by atoms with van der Waals surface area (Å²) in [5.74, 6) is 0.0353. The molecule has 0 saturated heterocycles. The zero-order valence-corrected chi connectivity index (χ0v) is 14.3. The van der Waals surface area contributed by atoms with Crippen molar-refractivity contribution in [2.24, 2.45) is 0 Å². The lowest BCUT2D eigenvalue weighted by molar-refractivity contribution is -0.115. The van der Waals surface area contributed by atoms with E-state index in [1.807, 2.05) is 44.3 Å². The Morgan fingerprint density at radius 2 is 1.91 bits per heavy atom. The topological polar surface area (TPSA) is 54.0 Å². The van der Waals surface area contributed by atoms with E-state index < -0.39 is 0 Å². The average Bonchev–Trinajstić information content (AvgIpc) is 2.94. The zero-order valence-electron chi connectivity index (χ0n) is 13.5. The van der Waals surface area contributed by atoms with Crippen molar-refractivity contribution in [1.29, 1.82) is 0 Å². The van der Waals surface area contributed by atoms with Crippen molar-refractivity contribution in [3.8, 4) is 0 Å². The van der Waals surface area contributed by atoms with Crippen LogP contribution in [0.2, 0.25) is 0 Å². The minimum atomic E-state index is 0.0353. The third kappa shape index (κ3) is 4.39. The van der Waals surface area contributed by atoms with Crippen LogP contribution in [0, 0.1) is 6.92 Å². The summed E-state index contributed by atoms with van der Waals surface area (Å²) in [4.78, 5) is 16.9. The van der Waals surface area contributed by atoms with Crippen LogP contribution in [0.15, 0.2) is 30.5 Å². The first-order valence-electron chi connectivity index (χ1n) is 7.57. The molecule has 0 aliphatic rings. The number of benzene rings is 1. The van der Waals surface area contributed by atoms with E-state index in [1.165, 1.54) is 10.4 Å². The molecule has 0 radical (unpaired) electrons. The van der Waals surface area contributed by atoms with Crippen LogP contribution in [0.3, 0.4) is 0 Å². The third-order valence-electron chi connectivity index (χ3n) is 3.58. The Labute approximate surface area is 136 Å². The number of carbonyl (C=O) groups excluding carboxylic acids is 1. The first-order chi connectivity index (χ1) is 10.5. The first-order valence-corrected chi connectivity index (χ1v) is 8.39. The molecule has 1 aromatic carbocycles. The van der Waals surface area contributed by atoms with Gasteiger partial charge in [-0.15, -0.1) is 11.3 Å². The summed E-state index contributed by atoms with van der Waals surface area (Å²) in [5.41, 5.74) is 2.04. The van der Waals surface area contributed by atoms with Gasteiger partial charge >= 0.3 is 0 Å². The van der Waals surface area contributed by atoms with Crippen LogP contribution in [-0.2, 0) is 4.79 Å². The summed E-state index contributed by atoms with van der Waals surface area (Å²) >= 11 is 1.72. The number of hydrogen-bond acceptors (Lipinski definition) is 4. The van der Waals surface area contributed by atoms with Crippen LogP contribution < -0.4 is 10.6 Å². The maximum Gasteiger partial charge on any atom is 0.224 e. The van der Waals surface area contributed by atoms with Gasteiger partial charge in [0, 0.05) is 35.3 Å². The van der Waals surface area contributed by atoms with Crippen LogP contribution in [-0.4, -0.2) is 10.9 Å². The highest BCUT2D eigenvalue weighted by Gasteiger charge is 2.13. The van der Waals surface area contributed by atoms with E-state index in [2.05, 4.69) is 29.5 Å². The van der Waals surface area contributed by atoms with Gasteiger partial charge in [-0.1, -0.05) is 19.1 Å². The molecule has 5 heteroatoms. The van der Waals surface area contributed by atoms with E-state index in [1.54, 1.807) is 11.3 Å². The van der Waals surface area contributed by atoms with Gasteiger partial charge in [-0.2, -0.15) is 0 Å². The molecular formula is C17H23N3OS.